The predicted molar refractivity (Wildman–Crippen MR) is 86.7 cm³/mol. The number of aryl methyl sites for hydroxylation is 1. The first-order chi connectivity index (χ1) is 11.5. The minimum absolute atomic E-state index is 0.0219. The first kappa shape index (κ1) is 16.3. The van der Waals surface area contributed by atoms with Gasteiger partial charge in [0.25, 0.3) is 0 Å². The molecule has 7 nitrogen and oxygen atoms in total. The zero-order valence-corrected chi connectivity index (χ0v) is 14.1. The van der Waals surface area contributed by atoms with Gasteiger partial charge in [-0.15, -0.1) is 5.10 Å². The van der Waals surface area contributed by atoms with Crippen molar-refractivity contribution in [1.29, 1.82) is 0 Å². The van der Waals surface area contributed by atoms with Crippen LogP contribution in [-0.4, -0.2) is 34.2 Å². The second-order valence-corrected chi connectivity index (χ2v) is 6.22. The lowest BCUT2D eigenvalue weighted by Crippen LogP contribution is -2.36. The van der Waals surface area contributed by atoms with Gasteiger partial charge in [-0.05, 0) is 30.0 Å². The van der Waals surface area contributed by atoms with E-state index in [0.29, 0.717) is 12.5 Å². The Morgan fingerprint density at radius 3 is 2.92 bits per heavy atom. The highest BCUT2D eigenvalue weighted by molar-refractivity contribution is 5.76. The maximum Gasteiger partial charge on any atom is 0.437 e. The average molecular weight is 331 g/mol. The summed E-state index contributed by atoms with van der Waals surface area (Å²) >= 11 is 0. The molecule has 0 aliphatic carbocycles. The number of aromatic nitrogens is 2. The molecule has 2 aromatic rings. The second kappa shape index (κ2) is 6.51. The molecule has 24 heavy (non-hydrogen) atoms. The van der Waals surface area contributed by atoms with Crippen molar-refractivity contribution < 1.29 is 13.9 Å². The van der Waals surface area contributed by atoms with E-state index >= 15 is 0 Å². The Kier molecular flexibility index (Phi) is 4.42. The quantitative estimate of drug-likeness (QED) is 0.853. The number of carbonyl (C=O) groups is 1. The molecule has 0 bridgehead atoms. The smallest absolute Gasteiger partial charge is 0.437 e. The third-order valence-electron chi connectivity index (χ3n) is 4.30. The maximum atomic E-state index is 12.7. The zero-order chi connectivity index (χ0) is 17.3. The number of ether oxygens (including phenoxy) is 1. The Bertz CT molecular complexity index is 795. The van der Waals surface area contributed by atoms with Gasteiger partial charge in [0.05, 0.1) is 13.2 Å². The Balaban J connectivity index is 1.83. The Labute approximate surface area is 139 Å². The molecule has 3 rings (SSSR count). The first-order valence-electron chi connectivity index (χ1n) is 7.96. The van der Waals surface area contributed by atoms with E-state index in [9.17, 15) is 9.59 Å². The lowest BCUT2D eigenvalue weighted by Gasteiger charge is -2.25. The summed E-state index contributed by atoms with van der Waals surface area (Å²) < 4.78 is 11.2. The van der Waals surface area contributed by atoms with Gasteiger partial charge >= 0.3 is 5.76 Å². The highest BCUT2D eigenvalue weighted by Crippen LogP contribution is 2.36. The highest BCUT2D eigenvalue weighted by Gasteiger charge is 2.34. The van der Waals surface area contributed by atoms with Gasteiger partial charge in [-0.1, -0.05) is 19.1 Å². The van der Waals surface area contributed by atoms with Crippen LogP contribution in [0.15, 0.2) is 33.5 Å². The van der Waals surface area contributed by atoms with Crippen LogP contribution in [0.2, 0.25) is 0 Å². The monoisotopic (exact) mass is 331 g/mol. The number of hydrogen-bond acceptors (Lipinski definition) is 5. The van der Waals surface area contributed by atoms with Gasteiger partial charge in [-0.25, -0.2) is 4.79 Å². The van der Waals surface area contributed by atoms with Gasteiger partial charge in [-0.3, -0.25) is 4.79 Å². The fraction of sp³-hybridized carbons (Fsp3) is 0.471. The van der Waals surface area contributed by atoms with Crippen molar-refractivity contribution in [2.45, 2.75) is 32.9 Å². The SMILES string of the molecule is COc1cccc(C2CC(C)CN2C(=O)Cn2nc(C)oc2=O)c1. The lowest BCUT2D eigenvalue weighted by molar-refractivity contribution is -0.133. The average Bonchev–Trinajstić information content (AvgIpc) is 3.10. The van der Waals surface area contributed by atoms with Crippen molar-refractivity contribution >= 4 is 5.91 Å². The number of carbonyl (C=O) groups excluding carboxylic acids is 1. The molecule has 128 valence electrons. The molecule has 1 aliphatic heterocycles. The van der Waals surface area contributed by atoms with Crippen molar-refractivity contribution in [3.05, 3.63) is 46.3 Å². The predicted octanol–water partition coefficient (Wildman–Crippen LogP) is 1.76. The molecule has 2 heterocycles. The molecule has 7 heteroatoms. The van der Waals surface area contributed by atoms with Crippen molar-refractivity contribution in [3.63, 3.8) is 0 Å². The van der Waals surface area contributed by atoms with Crippen LogP contribution in [0.5, 0.6) is 5.75 Å². The largest absolute Gasteiger partial charge is 0.497 e. The van der Waals surface area contributed by atoms with E-state index in [2.05, 4.69) is 12.0 Å². The van der Waals surface area contributed by atoms with E-state index in [4.69, 9.17) is 9.15 Å². The van der Waals surface area contributed by atoms with Crippen LogP contribution in [0, 0.1) is 12.8 Å². The van der Waals surface area contributed by atoms with E-state index < -0.39 is 5.76 Å². The van der Waals surface area contributed by atoms with Crippen molar-refractivity contribution in [1.82, 2.24) is 14.7 Å². The summed E-state index contributed by atoms with van der Waals surface area (Å²) in [6, 6.07) is 7.73. The number of nitrogens with zero attached hydrogens (tertiary/aromatic N) is 3. The van der Waals surface area contributed by atoms with Gasteiger partial charge in [0.1, 0.15) is 12.3 Å². The molecule has 1 aromatic heterocycles. The van der Waals surface area contributed by atoms with Gasteiger partial charge in [0.15, 0.2) is 0 Å². The van der Waals surface area contributed by atoms with E-state index in [1.807, 2.05) is 29.2 Å². The molecule has 0 N–H and O–H groups in total. The van der Waals surface area contributed by atoms with Gasteiger partial charge in [-0.2, -0.15) is 4.68 Å². The third kappa shape index (κ3) is 3.20. The van der Waals surface area contributed by atoms with Crippen LogP contribution in [0.3, 0.4) is 0 Å². The minimum atomic E-state index is -0.606. The number of likely N-dealkylation sites (tertiary alicyclic amines) is 1. The van der Waals surface area contributed by atoms with Crippen LogP contribution in [-0.2, 0) is 11.3 Å². The Morgan fingerprint density at radius 1 is 1.46 bits per heavy atom. The van der Waals surface area contributed by atoms with Gasteiger partial charge in [0.2, 0.25) is 11.8 Å². The Hall–Kier alpha value is -2.57. The van der Waals surface area contributed by atoms with Crippen LogP contribution >= 0.6 is 0 Å². The molecule has 2 atom stereocenters. The lowest BCUT2D eigenvalue weighted by atomic mass is 10.0. The molecule has 0 saturated carbocycles. The zero-order valence-electron chi connectivity index (χ0n) is 14.1. The summed E-state index contributed by atoms with van der Waals surface area (Å²) in [5.41, 5.74) is 1.04. The number of methoxy groups -OCH3 is 1. The van der Waals surface area contributed by atoms with Crippen LogP contribution in [0.25, 0.3) is 0 Å². The summed E-state index contributed by atoms with van der Waals surface area (Å²) in [6.07, 6.45) is 0.881. The summed E-state index contributed by atoms with van der Waals surface area (Å²) in [5, 5.41) is 3.94. The minimum Gasteiger partial charge on any atom is -0.497 e. The van der Waals surface area contributed by atoms with Gasteiger partial charge < -0.3 is 14.1 Å². The van der Waals surface area contributed by atoms with Crippen LogP contribution in [0.1, 0.15) is 30.8 Å². The molecule has 1 aromatic carbocycles. The summed E-state index contributed by atoms with van der Waals surface area (Å²) in [5.74, 6) is 0.671. The van der Waals surface area contributed by atoms with Crippen LogP contribution in [0.4, 0.5) is 0 Å². The van der Waals surface area contributed by atoms with E-state index in [0.717, 1.165) is 22.4 Å². The van der Waals surface area contributed by atoms with E-state index in [-0.39, 0.29) is 24.4 Å². The summed E-state index contributed by atoms with van der Waals surface area (Å²) in [6.45, 7) is 4.25. The number of amides is 1. The normalized spacial score (nSPS) is 20.4. The molecule has 1 aliphatic rings. The molecule has 1 amide bonds. The number of benzene rings is 1. The molecule has 0 spiro atoms. The molecular formula is C17H21N3O4. The van der Waals surface area contributed by atoms with Crippen molar-refractivity contribution in [2.75, 3.05) is 13.7 Å². The second-order valence-electron chi connectivity index (χ2n) is 6.22. The van der Waals surface area contributed by atoms with Crippen molar-refractivity contribution in [3.8, 4) is 5.75 Å². The fourth-order valence-electron chi connectivity index (χ4n) is 3.22. The van der Waals surface area contributed by atoms with Crippen molar-refractivity contribution in [2.24, 2.45) is 5.92 Å². The third-order valence-corrected chi connectivity index (χ3v) is 4.30. The first-order valence-corrected chi connectivity index (χ1v) is 7.96. The topological polar surface area (TPSA) is 77.6 Å². The molecule has 1 saturated heterocycles. The molecular weight excluding hydrogens is 310 g/mol. The molecule has 2 unspecified atom stereocenters. The highest BCUT2D eigenvalue weighted by atomic mass is 16.5. The Morgan fingerprint density at radius 2 is 2.25 bits per heavy atom. The maximum absolute atomic E-state index is 12.7. The standard InChI is InChI=1S/C17H21N3O4/c1-11-7-15(13-5-4-6-14(8-13)23-3)19(9-11)16(21)10-20-17(22)24-12(2)18-20/h4-6,8,11,15H,7,9-10H2,1-3H3. The van der Waals surface area contributed by atoms with Crippen LogP contribution < -0.4 is 10.5 Å². The summed E-state index contributed by atoms with van der Waals surface area (Å²) in [4.78, 5) is 26.2. The molecule has 0 radical (unpaired) electrons. The fourth-order valence-corrected chi connectivity index (χ4v) is 3.22. The number of hydrogen-bond donors (Lipinski definition) is 0. The molecule has 1 fully saturated rings. The van der Waals surface area contributed by atoms with E-state index in [1.165, 1.54) is 0 Å². The summed E-state index contributed by atoms with van der Waals surface area (Å²) in [7, 11) is 1.62. The van der Waals surface area contributed by atoms with E-state index in [1.54, 1.807) is 14.0 Å². The van der Waals surface area contributed by atoms with Gasteiger partial charge in [0, 0.05) is 13.5 Å². The number of rotatable bonds is 4.